The van der Waals surface area contributed by atoms with Crippen molar-refractivity contribution in [2.75, 3.05) is 13.1 Å². The van der Waals surface area contributed by atoms with Crippen LogP contribution >= 0.6 is 0 Å². The molecule has 1 saturated carbocycles. The lowest BCUT2D eigenvalue weighted by Crippen LogP contribution is -2.55. The number of nitrogens with zero attached hydrogens (tertiary/aromatic N) is 1. The van der Waals surface area contributed by atoms with Crippen LogP contribution in [0.25, 0.3) is 0 Å². The maximum absolute atomic E-state index is 12.6. The van der Waals surface area contributed by atoms with Gasteiger partial charge in [0.05, 0.1) is 0 Å². The zero-order valence-electron chi connectivity index (χ0n) is 13.7. The highest BCUT2D eigenvalue weighted by atomic mass is 16.2. The minimum atomic E-state index is -0.256. The summed E-state index contributed by atoms with van der Waals surface area (Å²) in [4.78, 5) is 14.7. The lowest BCUT2D eigenvalue weighted by atomic mass is 9.88. The highest BCUT2D eigenvalue weighted by Gasteiger charge is 2.34. The van der Waals surface area contributed by atoms with Crippen LogP contribution in [0.15, 0.2) is 0 Å². The molecule has 0 aromatic heterocycles. The van der Waals surface area contributed by atoms with Gasteiger partial charge in [-0.25, -0.2) is 0 Å². The third-order valence-electron chi connectivity index (χ3n) is 4.87. The fraction of sp³-hybridized carbons (Fsp3) is 0.941. The zero-order chi connectivity index (χ0) is 14.8. The van der Waals surface area contributed by atoms with Crippen LogP contribution in [0.2, 0.25) is 0 Å². The molecule has 0 bridgehead atoms. The van der Waals surface area contributed by atoms with Crippen LogP contribution in [-0.4, -0.2) is 36.0 Å². The molecule has 3 heteroatoms. The fourth-order valence-corrected chi connectivity index (χ4v) is 3.69. The number of hydrogen-bond acceptors (Lipinski definition) is 2. The van der Waals surface area contributed by atoms with E-state index in [4.69, 9.17) is 0 Å². The maximum atomic E-state index is 12.6. The van der Waals surface area contributed by atoms with Gasteiger partial charge in [0, 0.05) is 30.6 Å². The predicted molar refractivity (Wildman–Crippen MR) is 83.6 cm³/mol. The number of likely N-dealkylation sites (tertiary alicyclic amines) is 1. The van der Waals surface area contributed by atoms with Gasteiger partial charge >= 0.3 is 0 Å². The van der Waals surface area contributed by atoms with Crippen LogP contribution in [0, 0.1) is 11.3 Å². The first-order valence-electron chi connectivity index (χ1n) is 8.45. The molecule has 1 aliphatic carbocycles. The molecule has 1 amide bonds. The topological polar surface area (TPSA) is 32.3 Å². The van der Waals surface area contributed by atoms with E-state index in [1.54, 1.807) is 0 Å². The standard InChI is InChI=1S/C17H32N2O/c1-5-13-10-15(18-14-8-6-7-9-14)12-19(11-13)16(20)17(2,3)4/h13-15,18H,5-12H2,1-4H3. The van der Waals surface area contributed by atoms with Crippen molar-refractivity contribution in [3.63, 3.8) is 0 Å². The molecule has 0 spiro atoms. The highest BCUT2D eigenvalue weighted by molar-refractivity contribution is 5.81. The zero-order valence-corrected chi connectivity index (χ0v) is 13.7. The van der Waals surface area contributed by atoms with Crippen molar-refractivity contribution in [2.45, 2.75) is 78.3 Å². The Morgan fingerprint density at radius 3 is 2.35 bits per heavy atom. The van der Waals surface area contributed by atoms with Crippen molar-refractivity contribution in [1.82, 2.24) is 10.2 Å². The molecule has 1 N–H and O–H groups in total. The second kappa shape index (κ2) is 6.46. The first-order valence-corrected chi connectivity index (χ1v) is 8.45. The molecule has 2 fully saturated rings. The summed E-state index contributed by atoms with van der Waals surface area (Å²) in [6, 6.07) is 1.20. The van der Waals surface area contributed by atoms with Crippen LogP contribution in [-0.2, 0) is 4.79 Å². The third kappa shape index (κ3) is 3.97. The molecular formula is C17H32N2O. The number of rotatable bonds is 3. The Hall–Kier alpha value is -0.570. The minimum Gasteiger partial charge on any atom is -0.340 e. The van der Waals surface area contributed by atoms with Gasteiger partial charge in [-0.15, -0.1) is 0 Å². The maximum Gasteiger partial charge on any atom is 0.228 e. The number of hydrogen-bond donors (Lipinski definition) is 1. The van der Waals surface area contributed by atoms with Gasteiger partial charge in [0.2, 0.25) is 5.91 Å². The molecule has 20 heavy (non-hydrogen) atoms. The molecular weight excluding hydrogens is 248 g/mol. The van der Waals surface area contributed by atoms with Crippen molar-refractivity contribution >= 4 is 5.91 Å². The summed E-state index contributed by atoms with van der Waals surface area (Å²) >= 11 is 0. The van der Waals surface area contributed by atoms with E-state index < -0.39 is 0 Å². The van der Waals surface area contributed by atoms with E-state index in [1.807, 2.05) is 20.8 Å². The van der Waals surface area contributed by atoms with Crippen molar-refractivity contribution < 1.29 is 4.79 Å². The van der Waals surface area contributed by atoms with Gasteiger partial charge in [-0.1, -0.05) is 47.0 Å². The largest absolute Gasteiger partial charge is 0.340 e. The predicted octanol–water partition coefficient (Wildman–Crippen LogP) is 3.19. The smallest absolute Gasteiger partial charge is 0.228 e. The van der Waals surface area contributed by atoms with Crippen LogP contribution in [0.1, 0.15) is 66.2 Å². The lowest BCUT2D eigenvalue weighted by Gasteiger charge is -2.41. The average Bonchev–Trinajstić information content (AvgIpc) is 2.89. The number of piperidine rings is 1. The normalized spacial score (nSPS) is 28.9. The van der Waals surface area contributed by atoms with Crippen LogP contribution in [0.5, 0.6) is 0 Å². The van der Waals surface area contributed by atoms with Crippen molar-refractivity contribution in [1.29, 1.82) is 0 Å². The molecule has 1 heterocycles. The van der Waals surface area contributed by atoms with Gasteiger partial charge in [0.15, 0.2) is 0 Å². The van der Waals surface area contributed by atoms with Crippen molar-refractivity contribution in [3.8, 4) is 0 Å². The number of carbonyl (C=O) groups is 1. The summed E-state index contributed by atoms with van der Waals surface area (Å²) in [6.07, 6.45) is 7.79. The summed E-state index contributed by atoms with van der Waals surface area (Å²) in [6.45, 7) is 10.2. The summed E-state index contributed by atoms with van der Waals surface area (Å²) in [5.74, 6) is 0.975. The first-order chi connectivity index (χ1) is 9.40. The van der Waals surface area contributed by atoms with Gasteiger partial charge in [0.25, 0.3) is 0 Å². The quantitative estimate of drug-likeness (QED) is 0.861. The van der Waals surface area contributed by atoms with E-state index in [1.165, 1.54) is 38.5 Å². The Labute approximate surface area is 124 Å². The second-order valence-corrected chi connectivity index (χ2v) is 7.82. The van der Waals surface area contributed by atoms with Crippen LogP contribution in [0.3, 0.4) is 0 Å². The van der Waals surface area contributed by atoms with E-state index in [0.29, 0.717) is 23.9 Å². The van der Waals surface area contributed by atoms with Gasteiger partial charge in [-0.2, -0.15) is 0 Å². The lowest BCUT2D eigenvalue weighted by molar-refractivity contribution is -0.142. The Balaban J connectivity index is 1.97. The monoisotopic (exact) mass is 280 g/mol. The van der Waals surface area contributed by atoms with E-state index in [0.717, 1.165) is 13.1 Å². The summed E-state index contributed by atoms with van der Waals surface area (Å²) < 4.78 is 0. The molecule has 0 aromatic rings. The fourth-order valence-electron chi connectivity index (χ4n) is 3.69. The molecule has 0 radical (unpaired) electrons. The average molecular weight is 280 g/mol. The molecule has 1 saturated heterocycles. The molecule has 3 nitrogen and oxygen atoms in total. The number of nitrogens with one attached hydrogen (secondary N) is 1. The Bertz CT molecular complexity index is 328. The molecule has 0 aromatic carbocycles. The number of carbonyl (C=O) groups excluding carboxylic acids is 1. The molecule has 1 aliphatic heterocycles. The van der Waals surface area contributed by atoms with Crippen LogP contribution in [0.4, 0.5) is 0 Å². The molecule has 2 atom stereocenters. The summed E-state index contributed by atoms with van der Waals surface area (Å²) in [5.41, 5.74) is -0.256. The SMILES string of the molecule is CCC1CC(NC2CCCC2)CN(C(=O)C(C)(C)C)C1. The summed E-state index contributed by atoms with van der Waals surface area (Å²) in [7, 11) is 0. The molecule has 2 rings (SSSR count). The van der Waals surface area contributed by atoms with Gasteiger partial charge in [-0.05, 0) is 25.2 Å². The first kappa shape index (κ1) is 15.8. The minimum absolute atomic E-state index is 0.256. The molecule has 116 valence electrons. The van der Waals surface area contributed by atoms with Crippen molar-refractivity contribution in [2.24, 2.45) is 11.3 Å². The van der Waals surface area contributed by atoms with Gasteiger partial charge < -0.3 is 10.2 Å². The summed E-state index contributed by atoms with van der Waals surface area (Å²) in [5, 5.41) is 3.82. The van der Waals surface area contributed by atoms with Gasteiger partial charge in [-0.3, -0.25) is 4.79 Å². The highest BCUT2D eigenvalue weighted by Crippen LogP contribution is 2.27. The van der Waals surface area contributed by atoms with E-state index >= 15 is 0 Å². The van der Waals surface area contributed by atoms with E-state index in [2.05, 4.69) is 17.1 Å². The Morgan fingerprint density at radius 1 is 1.15 bits per heavy atom. The molecule has 2 unspecified atom stereocenters. The second-order valence-electron chi connectivity index (χ2n) is 7.82. The number of amides is 1. The van der Waals surface area contributed by atoms with Crippen molar-refractivity contribution in [3.05, 3.63) is 0 Å². The van der Waals surface area contributed by atoms with E-state index in [-0.39, 0.29) is 5.41 Å². The van der Waals surface area contributed by atoms with Gasteiger partial charge in [0.1, 0.15) is 0 Å². The molecule has 2 aliphatic rings. The Kier molecular flexibility index (Phi) is 5.11. The van der Waals surface area contributed by atoms with Crippen LogP contribution < -0.4 is 5.32 Å². The van der Waals surface area contributed by atoms with E-state index in [9.17, 15) is 4.79 Å². The third-order valence-corrected chi connectivity index (χ3v) is 4.87. The Morgan fingerprint density at radius 2 is 1.80 bits per heavy atom.